The average molecular weight is 549 g/mol. The van der Waals surface area contributed by atoms with Crippen molar-refractivity contribution >= 4 is 55.9 Å². The molecule has 0 unspecified atom stereocenters. The zero-order valence-corrected chi connectivity index (χ0v) is 21.6. The van der Waals surface area contributed by atoms with Crippen LogP contribution in [0.1, 0.15) is 28.5 Å². The lowest BCUT2D eigenvalue weighted by Gasteiger charge is -2.14. The lowest BCUT2D eigenvalue weighted by Crippen LogP contribution is -2.36. The standard InChI is InChI=1S/C27H25BrN4O4/c1-4-36-24-8-6-5-7-21(24)30-26(34)27(35)31-32-22-12-10-19(28)14-18(22)15-23(32)25(33)29-20-11-9-16(2)13-17(20)3/h5-15H,4H2,1-3H3,(H,29,33)(H,30,34)(H,31,35). The van der Waals surface area contributed by atoms with Crippen molar-refractivity contribution in [2.24, 2.45) is 0 Å². The highest BCUT2D eigenvalue weighted by molar-refractivity contribution is 9.10. The van der Waals surface area contributed by atoms with Crippen molar-refractivity contribution in [2.75, 3.05) is 22.7 Å². The Morgan fingerprint density at radius 1 is 0.889 bits per heavy atom. The van der Waals surface area contributed by atoms with Gasteiger partial charge in [-0.05, 0) is 68.8 Å². The molecule has 1 heterocycles. The highest BCUT2D eigenvalue weighted by Gasteiger charge is 2.22. The van der Waals surface area contributed by atoms with Crippen molar-refractivity contribution in [3.8, 4) is 5.75 Å². The third-order valence-electron chi connectivity index (χ3n) is 5.48. The Morgan fingerprint density at radius 2 is 1.67 bits per heavy atom. The number of halogens is 1. The molecule has 3 N–H and O–H groups in total. The number of carbonyl (C=O) groups excluding carboxylic acids is 3. The summed E-state index contributed by atoms with van der Waals surface area (Å²) in [5.74, 6) is -1.83. The summed E-state index contributed by atoms with van der Waals surface area (Å²) in [7, 11) is 0. The molecular weight excluding hydrogens is 524 g/mol. The van der Waals surface area contributed by atoms with Crippen LogP contribution in [0.25, 0.3) is 10.9 Å². The lowest BCUT2D eigenvalue weighted by molar-refractivity contribution is -0.133. The van der Waals surface area contributed by atoms with Crippen molar-refractivity contribution in [1.29, 1.82) is 0 Å². The van der Waals surface area contributed by atoms with Crippen LogP contribution >= 0.6 is 15.9 Å². The minimum absolute atomic E-state index is 0.166. The average Bonchev–Trinajstić information content (AvgIpc) is 3.19. The highest BCUT2D eigenvalue weighted by Crippen LogP contribution is 2.26. The van der Waals surface area contributed by atoms with Crippen LogP contribution in [0, 0.1) is 13.8 Å². The number of hydrogen-bond acceptors (Lipinski definition) is 4. The molecule has 36 heavy (non-hydrogen) atoms. The fraction of sp³-hybridized carbons (Fsp3) is 0.148. The van der Waals surface area contributed by atoms with Crippen LogP contribution in [0.3, 0.4) is 0 Å². The summed E-state index contributed by atoms with van der Waals surface area (Å²) in [5.41, 5.74) is 6.29. The second-order valence-corrected chi connectivity index (χ2v) is 9.08. The van der Waals surface area contributed by atoms with Gasteiger partial charge in [-0.15, -0.1) is 0 Å². The van der Waals surface area contributed by atoms with Gasteiger partial charge in [-0.25, -0.2) is 4.68 Å². The first-order valence-electron chi connectivity index (χ1n) is 11.3. The number of aromatic nitrogens is 1. The van der Waals surface area contributed by atoms with Crippen molar-refractivity contribution in [1.82, 2.24) is 4.68 Å². The van der Waals surface area contributed by atoms with E-state index in [1.54, 1.807) is 42.5 Å². The smallest absolute Gasteiger partial charge is 0.328 e. The van der Waals surface area contributed by atoms with Crippen molar-refractivity contribution in [2.45, 2.75) is 20.8 Å². The van der Waals surface area contributed by atoms with Gasteiger partial charge >= 0.3 is 11.8 Å². The van der Waals surface area contributed by atoms with Gasteiger partial charge in [-0.1, -0.05) is 45.8 Å². The number of nitrogens with zero attached hydrogens (tertiary/aromatic N) is 1. The van der Waals surface area contributed by atoms with Crippen LogP contribution in [0.15, 0.2) is 71.2 Å². The maximum absolute atomic E-state index is 13.3. The number of benzene rings is 3. The number of anilines is 2. The minimum atomic E-state index is -0.942. The van der Waals surface area contributed by atoms with E-state index in [4.69, 9.17) is 4.74 Å². The zero-order chi connectivity index (χ0) is 25.8. The Balaban J connectivity index is 1.63. The van der Waals surface area contributed by atoms with E-state index in [1.165, 1.54) is 4.68 Å². The van der Waals surface area contributed by atoms with Gasteiger partial charge in [0.05, 0.1) is 17.8 Å². The van der Waals surface area contributed by atoms with Gasteiger partial charge in [-0.2, -0.15) is 0 Å². The summed E-state index contributed by atoms with van der Waals surface area (Å²) in [5, 5.41) is 6.17. The Hall–Kier alpha value is -4.11. The van der Waals surface area contributed by atoms with Crippen LogP contribution in [0.2, 0.25) is 0 Å². The first-order valence-corrected chi connectivity index (χ1v) is 12.1. The number of nitrogens with one attached hydrogen (secondary N) is 3. The van der Waals surface area contributed by atoms with E-state index >= 15 is 0 Å². The molecule has 4 rings (SSSR count). The summed E-state index contributed by atoms with van der Waals surface area (Å²) >= 11 is 3.43. The van der Waals surface area contributed by atoms with E-state index in [1.807, 2.05) is 45.0 Å². The molecule has 184 valence electrons. The maximum atomic E-state index is 13.3. The molecule has 0 aliphatic heterocycles. The summed E-state index contributed by atoms with van der Waals surface area (Å²) in [6.07, 6.45) is 0. The number of carbonyl (C=O) groups is 3. The molecule has 1 aromatic heterocycles. The molecule has 0 aliphatic rings. The van der Waals surface area contributed by atoms with E-state index in [2.05, 4.69) is 32.0 Å². The first-order chi connectivity index (χ1) is 17.3. The number of ether oxygens (including phenoxy) is 1. The van der Waals surface area contributed by atoms with Gasteiger partial charge in [0.2, 0.25) is 0 Å². The summed E-state index contributed by atoms with van der Waals surface area (Å²) < 4.78 is 7.63. The quantitative estimate of drug-likeness (QED) is 0.281. The second kappa shape index (κ2) is 10.7. The molecule has 3 amide bonds. The molecule has 0 spiro atoms. The predicted octanol–water partition coefficient (Wildman–Crippen LogP) is 5.38. The highest BCUT2D eigenvalue weighted by atomic mass is 79.9. The van der Waals surface area contributed by atoms with Crippen LogP contribution in [-0.4, -0.2) is 29.0 Å². The number of fused-ring (bicyclic) bond motifs is 1. The van der Waals surface area contributed by atoms with Gasteiger partial charge < -0.3 is 15.4 Å². The molecule has 0 radical (unpaired) electrons. The van der Waals surface area contributed by atoms with Crippen LogP contribution in [-0.2, 0) is 9.59 Å². The zero-order valence-electron chi connectivity index (χ0n) is 20.0. The fourth-order valence-corrected chi connectivity index (χ4v) is 4.18. The van der Waals surface area contributed by atoms with E-state index in [-0.39, 0.29) is 5.69 Å². The molecule has 9 heteroatoms. The number of amides is 3. The Labute approximate surface area is 216 Å². The molecule has 0 atom stereocenters. The topological polar surface area (TPSA) is 101 Å². The predicted molar refractivity (Wildman–Crippen MR) is 144 cm³/mol. The normalized spacial score (nSPS) is 10.7. The third-order valence-corrected chi connectivity index (χ3v) is 5.97. The number of aryl methyl sites for hydroxylation is 2. The fourth-order valence-electron chi connectivity index (χ4n) is 3.80. The molecule has 0 saturated carbocycles. The third kappa shape index (κ3) is 5.41. The van der Waals surface area contributed by atoms with E-state index in [0.29, 0.717) is 34.6 Å². The number of hydrogen-bond donors (Lipinski definition) is 3. The number of rotatable bonds is 6. The van der Waals surface area contributed by atoms with Crippen LogP contribution in [0.4, 0.5) is 11.4 Å². The SMILES string of the molecule is CCOc1ccccc1NC(=O)C(=O)Nn1c(C(=O)Nc2ccc(C)cc2C)cc2cc(Br)ccc21. The Kier molecular flexibility index (Phi) is 7.40. The summed E-state index contributed by atoms with van der Waals surface area (Å²) in [6.45, 7) is 6.11. The molecule has 4 aromatic rings. The van der Waals surface area contributed by atoms with E-state index in [0.717, 1.165) is 15.6 Å². The van der Waals surface area contributed by atoms with E-state index < -0.39 is 17.7 Å². The number of para-hydroxylation sites is 2. The molecule has 8 nitrogen and oxygen atoms in total. The molecule has 0 bridgehead atoms. The van der Waals surface area contributed by atoms with Crippen LogP contribution < -0.4 is 20.8 Å². The van der Waals surface area contributed by atoms with Crippen molar-refractivity contribution in [3.05, 3.63) is 88.0 Å². The first kappa shape index (κ1) is 25.0. The lowest BCUT2D eigenvalue weighted by atomic mass is 10.1. The maximum Gasteiger partial charge on any atom is 0.328 e. The van der Waals surface area contributed by atoms with Gasteiger partial charge in [0, 0.05) is 15.5 Å². The van der Waals surface area contributed by atoms with Crippen molar-refractivity contribution in [3.63, 3.8) is 0 Å². The molecular formula is C27H25BrN4O4. The van der Waals surface area contributed by atoms with Gasteiger partial charge in [0.1, 0.15) is 11.4 Å². The minimum Gasteiger partial charge on any atom is -0.492 e. The molecule has 0 fully saturated rings. The Bertz CT molecular complexity index is 1480. The second-order valence-electron chi connectivity index (χ2n) is 8.16. The summed E-state index contributed by atoms with van der Waals surface area (Å²) in [4.78, 5) is 38.9. The monoisotopic (exact) mass is 548 g/mol. The molecule has 3 aromatic carbocycles. The van der Waals surface area contributed by atoms with E-state index in [9.17, 15) is 14.4 Å². The van der Waals surface area contributed by atoms with Crippen molar-refractivity contribution < 1.29 is 19.1 Å². The van der Waals surface area contributed by atoms with Gasteiger partial charge in [-0.3, -0.25) is 19.8 Å². The van der Waals surface area contributed by atoms with Gasteiger partial charge in [0.15, 0.2) is 0 Å². The molecule has 0 aliphatic carbocycles. The largest absolute Gasteiger partial charge is 0.492 e. The van der Waals surface area contributed by atoms with Gasteiger partial charge in [0.25, 0.3) is 5.91 Å². The summed E-state index contributed by atoms with van der Waals surface area (Å²) in [6, 6.07) is 19.5. The Morgan fingerprint density at radius 3 is 2.42 bits per heavy atom. The molecule has 0 saturated heterocycles. The van der Waals surface area contributed by atoms with Crippen LogP contribution in [0.5, 0.6) is 5.75 Å².